The normalized spacial score (nSPS) is 27.5. The zero-order chi connectivity index (χ0) is 10.8. The van der Waals surface area contributed by atoms with Crippen LogP contribution in [0.3, 0.4) is 0 Å². The van der Waals surface area contributed by atoms with Crippen LogP contribution in [0.4, 0.5) is 0 Å². The number of nitrogens with zero attached hydrogens (tertiary/aromatic N) is 1. The molecule has 3 N–H and O–H groups in total. The minimum Gasteiger partial charge on any atom is -0.480 e. The van der Waals surface area contributed by atoms with E-state index in [-0.39, 0.29) is 0 Å². The van der Waals surface area contributed by atoms with E-state index in [9.17, 15) is 9.90 Å². The number of rotatable bonds is 4. The van der Waals surface area contributed by atoms with Crippen LogP contribution < -0.4 is 5.73 Å². The Labute approximate surface area is 85.1 Å². The van der Waals surface area contributed by atoms with Gasteiger partial charge in [0.1, 0.15) is 5.54 Å². The Balaban J connectivity index is 2.68. The lowest BCUT2D eigenvalue weighted by atomic mass is 9.97. The van der Waals surface area contributed by atoms with E-state index in [0.29, 0.717) is 18.9 Å². The molecule has 14 heavy (non-hydrogen) atoms. The van der Waals surface area contributed by atoms with Crippen LogP contribution in [-0.2, 0) is 4.79 Å². The Bertz CT molecular complexity index is 220. The first-order chi connectivity index (χ1) is 6.54. The van der Waals surface area contributed by atoms with Gasteiger partial charge in [0.25, 0.3) is 0 Å². The van der Waals surface area contributed by atoms with Crippen LogP contribution in [0.5, 0.6) is 0 Å². The van der Waals surface area contributed by atoms with Crippen LogP contribution in [0.15, 0.2) is 0 Å². The first-order valence-corrected chi connectivity index (χ1v) is 5.23. The quantitative estimate of drug-likeness (QED) is 0.694. The average Bonchev–Trinajstić information content (AvgIpc) is 2.64. The maximum Gasteiger partial charge on any atom is 0.323 e. The third-order valence-electron chi connectivity index (χ3n) is 3.47. The second-order valence-electron chi connectivity index (χ2n) is 4.27. The predicted molar refractivity (Wildman–Crippen MR) is 55.1 cm³/mol. The van der Waals surface area contributed by atoms with E-state index >= 15 is 0 Å². The van der Waals surface area contributed by atoms with Crippen molar-refractivity contribution in [2.24, 2.45) is 11.7 Å². The monoisotopic (exact) mass is 200 g/mol. The number of nitrogens with two attached hydrogens (primary N) is 1. The lowest BCUT2D eigenvalue weighted by Gasteiger charge is -2.34. The van der Waals surface area contributed by atoms with Gasteiger partial charge in [-0.1, -0.05) is 6.92 Å². The number of aliphatic carboxylic acids is 1. The zero-order valence-corrected chi connectivity index (χ0v) is 8.99. The highest BCUT2D eigenvalue weighted by atomic mass is 16.4. The smallest absolute Gasteiger partial charge is 0.323 e. The van der Waals surface area contributed by atoms with Gasteiger partial charge >= 0.3 is 5.97 Å². The number of likely N-dealkylation sites (tertiary alicyclic amines) is 1. The van der Waals surface area contributed by atoms with Gasteiger partial charge in [-0.05, 0) is 38.8 Å². The Morgan fingerprint density at radius 1 is 1.71 bits per heavy atom. The van der Waals surface area contributed by atoms with Crippen molar-refractivity contribution in [1.82, 2.24) is 4.90 Å². The SMILES string of the molecule is CCC(C)(C(=O)O)N1CCC(CN)C1. The molecule has 2 unspecified atom stereocenters. The van der Waals surface area contributed by atoms with Crippen LogP contribution in [0.2, 0.25) is 0 Å². The van der Waals surface area contributed by atoms with Crippen LogP contribution in [0.1, 0.15) is 26.7 Å². The summed E-state index contributed by atoms with van der Waals surface area (Å²) in [5.41, 5.74) is 4.88. The lowest BCUT2D eigenvalue weighted by Crippen LogP contribution is -2.51. The molecule has 1 aliphatic heterocycles. The van der Waals surface area contributed by atoms with E-state index in [2.05, 4.69) is 0 Å². The van der Waals surface area contributed by atoms with Crippen molar-refractivity contribution in [3.8, 4) is 0 Å². The second kappa shape index (κ2) is 4.28. The molecule has 0 aliphatic carbocycles. The van der Waals surface area contributed by atoms with Crippen molar-refractivity contribution in [1.29, 1.82) is 0 Å². The fourth-order valence-electron chi connectivity index (χ4n) is 1.98. The molecular formula is C10H20N2O2. The first kappa shape index (κ1) is 11.5. The molecule has 0 amide bonds. The summed E-state index contributed by atoms with van der Waals surface area (Å²) in [6.07, 6.45) is 1.67. The highest BCUT2D eigenvalue weighted by Crippen LogP contribution is 2.27. The fraction of sp³-hybridized carbons (Fsp3) is 0.900. The molecule has 1 saturated heterocycles. The van der Waals surface area contributed by atoms with E-state index in [1.807, 2.05) is 11.8 Å². The molecule has 0 spiro atoms. The number of hydrogen-bond acceptors (Lipinski definition) is 3. The van der Waals surface area contributed by atoms with Gasteiger partial charge in [0.2, 0.25) is 0 Å². The minimum atomic E-state index is -0.724. The van der Waals surface area contributed by atoms with Crippen LogP contribution >= 0.6 is 0 Å². The highest BCUT2D eigenvalue weighted by Gasteiger charge is 2.41. The van der Waals surface area contributed by atoms with Gasteiger partial charge in [0, 0.05) is 6.54 Å². The number of hydrogen-bond donors (Lipinski definition) is 2. The summed E-state index contributed by atoms with van der Waals surface area (Å²) in [6.45, 7) is 6.07. The fourth-order valence-corrected chi connectivity index (χ4v) is 1.98. The summed E-state index contributed by atoms with van der Waals surface area (Å²) in [6, 6.07) is 0. The van der Waals surface area contributed by atoms with Crippen LogP contribution in [-0.4, -0.2) is 41.1 Å². The molecule has 1 aliphatic rings. The molecule has 1 fully saturated rings. The maximum absolute atomic E-state index is 11.2. The molecule has 2 atom stereocenters. The van der Waals surface area contributed by atoms with Gasteiger partial charge in [0.15, 0.2) is 0 Å². The molecule has 0 aromatic carbocycles. The number of carbonyl (C=O) groups is 1. The molecule has 82 valence electrons. The third-order valence-corrected chi connectivity index (χ3v) is 3.47. The van der Waals surface area contributed by atoms with E-state index in [1.165, 1.54) is 0 Å². The van der Waals surface area contributed by atoms with Gasteiger partial charge in [-0.15, -0.1) is 0 Å². The Morgan fingerprint density at radius 2 is 2.36 bits per heavy atom. The lowest BCUT2D eigenvalue weighted by molar-refractivity contribution is -0.150. The van der Waals surface area contributed by atoms with Gasteiger partial charge < -0.3 is 10.8 Å². The van der Waals surface area contributed by atoms with Crippen molar-refractivity contribution < 1.29 is 9.90 Å². The van der Waals surface area contributed by atoms with Crippen molar-refractivity contribution in [2.45, 2.75) is 32.2 Å². The molecule has 0 saturated carbocycles. The zero-order valence-electron chi connectivity index (χ0n) is 8.99. The maximum atomic E-state index is 11.2. The van der Waals surface area contributed by atoms with Gasteiger partial charge in [-0.2, -0.15) is 0 Å². The Hall–Kier alpha value is -0.610. The predicted octanol–water partition coefficient (Wildman–Crippen LogP) is 0.520. The first-order valence-electron chi connectivity index (χ1n) is 5.23. The molecule has 1 rings (SSSR count). The van der Waals surface area contributed by atoms with Crippen LogP contribution in [0, 0.1) is 5.92 Å². The third kappa shape index (κ3) is 1.91. The van der Waals surface area contributed by atoms with E-state index in [1.54, 1.807) is 6.92 Å². The molecular weight excluding hydrogens is 180 g/mol. The topological polar surface area (TPSA) is 66.6 Å². The van der Waals surface area contributed by atoms with Gasteiger partial charge in [-0.25, -0.2) is 0 Å². The van der Waals surface area contributed by atoms with Crippen molar-refractivity contribution >= 4 is 5.97 Å². The standard InChI is InChI=1S/C10H20N2O2/c1-3-10(2,9(13)14)12-5-4-8(6-11)7-12/h8H,3-7,11H2,1-2H3,(H,13,14). The Morgan fingerprint density at radius 3 is 2.71 bits per heavy atom. The van der Waals surface area contributed by atoms with Crippen molar-refractivity contribution in [3.05, 3.63) is 0 Å². The largest absolute Gasteiger partial charge is 0.480 e. The van der Waals surface area contributed by atoms with Gasteiger partial charge in [-0.3, -0.25) is 9.69 Å². The summed E-state index contributed by atoms with van der Waals surface area (Å²) >= 11 is 0. The molecule has 4 heteroatoms. The molecule has 0 aromatic rings. The van der Waals surface area contributed by atoms with Crippen molar-refractivity contribution in [2.75, 3.05) is 19.6 Å². The van der Waals surface area contributed by atoms with E-state index in [4.69, 9.17) is 5.73 Å². The summed E-state index contributed by atoms with van der Waals surface area (Å²) in [4.78, 5) is 13.2. The van der Waals surface area contributed by atoms with E-state index < -0.39 is 11.5 Å². The number of carboxylic acid groups (broad SMARTS) is 1. The minimum absolute atomic E-state index is 0.472. The molecule has 4 nitrogen and oxygen atoms in total. The van der Waals surface area contributed by atoms with E-state index in [0.717, 1.165) is 19.5 Å². The summed E-state index contributed by atoms with van der Waals surface area (Å²) in [7, 11) is 0. The Kier molecular flexibility index (Phi) is 3.50. The summed E-state index contributed by atoms with van der Waals surface area (Å²) in [5.74, 6) is -0.252. The molecule has 0 radical (unpaired) electrons. The summed E-state index contributed by atoms with van der Waals surface area (Å²) in [5, 5.41) is 9.18. The molecule has 1 heterocycles. The summed E-state index contributed by atoms with van der Waals surface area (Å²) < 4.78 is 0. The average molecular weight is 200 g/mol. The van der Waals surface area contributed by atoms with Gasteiger partial charge in [0.05, 0.1) is 0 Å². The molecule has 0 aromatic heterocycles. The second-order valence-corrected chi connectivity index (χ2v) is 4.27. The molecule has 0 bridgehead atoms. The van der Waals surface area contributed by atoms with Crippen LogP contribution in [0.25, 0.3) is 0 Å². The number of carboxylic acids is 1. The highest BCUT2D eigenvalue weighted by molar-refractivity contribution is 5.78. The van der Waals surface area contributed by atoms with Crippen molar-refractivity contribution in [3.63, 3.8) is 0 Å².